The molecule has 188 valence electrons. The first-order chi connectivity index (χ1) is 18.0. The lowest BCUT2D eigenvalue weighted by Crippen LogP contribution is -2.06. The number of carbonyl (C=O) groups excluding carboxylic acids is 1. The number of unbranched alkanes of at least 4 members (excludes halogenated alkanes) is 3. The fourth-order valence-electron chi connectivity index (χ4n) is 4.17. The third kappa shape index (κ3) is 5.70. The van der Waals surface area contributed by atoms with Gasteiger partial charge < -0.3 is 9.15 Å². The molecule has 0 radical (unpaired) electrons. The molecule has 0 fully saturated rings. The Hall–Kier alpha value is -3.62. The molecule has 5 aromatic rings. The van der Waals surface area contributed by atoms with Crippen LogP contribution in [0.2, 0.25) is 0 Å². The van der Waals surface area contributed by atoms with Gasteiger partial charge in [0.25, 0.3) is 0 Å². The van der Waals surface area contributed by atoms with Crippen LogP contribution >= 0.6 is 22.7 Å². The molecule has 0 aliphatic rings. The summed E-state index contributed by atoms with van der Waals surface area (Å²) < 4.78 is 11.1. The van der Waals surface area contributed by atoms with E-state index in [4.69, 9.17) is 19.1 Å². The SMILES string of the molecule is CCCCCCc1cc2cc(-c3csc(-c4nc(-c5ccccc5)cs4)n3)c(=O)oc2cc1OC(C)=O. The van der Waals surface area contributed by atoms with Gasteiger partial charge in [0.05, 0.1) is 17.0 Å². The van der Waals surface area contributed by atoms with Crippen molar-refractivity contribution in [3.8, 4) is 38.3 Å². The predicted octanol–water partition coefficient (Wildman–Crippen LogP) is 7.76. The van der Waals surface area contributed by atoms with Gasteiger partial charge in [-0.25, -0.2) is 14.8 Å². The number of fused-ring (bicyclic) bond motifs is 1. The summed E-state index contributed by atoms with van der Waals surface area (Å²) in [6.07, 6.45) is 5.18. The van der Waals surface area contributed by atoms with E-state index in [-0.39, 0.29) is 0 Å². The minimum absolute atomic E-state index is 0.380. The lowest BCUT2D eigenvalue weighted by molar-refractivity contribution is -0.131. The first kappa shape index (κ1) is 25.0. The van der Waals surface area contributed by atoms with Gasteiger partial charge in [0, 0.05) is 34.7 Å². The number of rotatable bonds is 9. The van der Waals surface area contributed by atoms with Crippen LogP contribution in [0.25, 0.3) is 43.5 Å². The van der Waals surface area contributed by atoms with E-state index in [0.29, 0.717) is 22.6 Å². The molecule has 3 heterocycles. The van der Waals surface area contributed by atoms with Crippen molar-refractivity contribution in [2.24, 2.45) is 0 Å². The molecule has 0 atom stereocenters. The summed E-state index contributed by atoms with van der Waals surface area (Å²) in [5.74, 6) is 0.0436. The zero-order valence-corrected chi connectivity index (χ0v) is 22.3. The number of aromatic nitrogens is 2. The molecule has 8 heteroatoms. The maximum absolute atomic E-state index is 12.9. The Bertz CT molecular complexity index is 1600. The molecule has 0 unspecified atom stereocenters. The molecular formula is C29H26N2O4S2. The van der Waals surface area contributed by atoms with E-state index in [1.807, 2.05) is 53.2 Å². The molecule has 0 spiro atoms. The average Bonchev–Trinajstić information content (AvgIpc) is 3.57. The Labute approximate surface area is 222 Å². The van der Waals surface area contributed by atoms with Crippen molar-refractivity contribution in [3.63, 3.8) is 0 Å². The fourth-order valence-corrected chi connectivity index (χ4v) is 5.87. The third-order valence-electron chi connectivity index (χ3n) is 6.01. The van der Waals surface area contributed by atoms with Crippen LogP contribution in [0.1, 0.15) is 45.1 Å². The summed E-state index contributed by atoms with van der Waals surface area (Å²) in [6, 6.07) is 15.4. The van der Waals surface area contributed by atoms with Gasteiger partial charge in [-0.3, -0.25) is 4.79 Å². The second-order valence-corrected chi connectivity index (χ2v) is 10.5. The largest absolute Gasteiger partial charge is 0.426 e. The molecule has 0 saturated carbocycles. The second kappa shape index (κ2) is 11.2. The van der Waals surface area contributed by atoms with Gasteiger partial charge in [-0.15, -0.1) is 22.7 Å². The van der Waals surface area contributed by atoms with Gasteiger partial charge in [0.2, 0.25) is 0 Å². The highest BCUT2D eigenvalue weighted by molar-refractivity contribution is 7.20. The van der Waals surface area contributed by atoms with Crippen LogP contribution in [0.15, 0.2) is 68.5 Å². The van der Waals surface area contributed by atoms with Crippen molar-refractivity contribution < 1.29 is 13.9 Å². The van der Waals surface area contributed by atoms with Crippen molar-refractivity contribution in [2.45, 2.75) is 46.0 Å². The molecule has 5 rings (SSSR count). The second-order valence-electron chi connectivity index (χ2n) is 8.79. The average molecular weight is 531 g/mol. The fraction of sp³-hybridized carbons (Fsp3) is 0.241. The van der Waals surface area contributed by atoms with E-state index < -0.39 is 11.6 Å². The van der Waals surface area contributed by atoms with E-state index in [2.05, 4.69) is 6.92 Å². The van der Waals surface area contributed by atoms with Crippen LogP contribution in [-0.2, 0) is 11.2 Å². The molecular weight excluding hydrogens is 504 g/mol. The minimum Gasteiger partial charge on any atom is -0.426 e. The number of aryl methyl sites for hydroxylation is 1. The Balaban J connectivity index is 1.47. The van der Waals surface area contributed by atoms with Gasteiger partial charge in [-0.1, -0.05) is 56.5 Å². The van der Waals surface area contributed by atoms with Crippen molar-refractivity contribution >= 4 is 39.6 Å². The first-order valence-electron chi connectivity index (χ1n) is 12.3. The van der Waals surface area contributed by atoms with E-state index in [1.165, 1.54) is 29.6 Å². The summed E-state index contributed by atoms with van der Waals surface area (Å²) in [5, 5.41) is 6.20. The number of hydrogen-bond acceptors (Lipinski definition) is 8. The van der Waals surface area contributed by atoms with E-state index in [9.17, 15) is 9.59 Å². The zero-order chi connectivity index (χ0) is 25.8. The highest BCUT2D eigenvalue weighted by Crippen LogP contribution is 2.34. The van der Waals surface area contributed by atoms with Crippen molar-refractivity contribution in [3.05, 3.63) is 75.3 Å². The van der Waals surface area contributed by atoms with Crippen LogP contribution in [0, 0.1) is 0 Å². The monoisotopic (exact) mass is 530 g/mol. The number of ether oxygens (including phenoxy) is 1. The summed E-state index contributed by atoms with van der Waals surface area (Å²) in [5.41, 5.74) is 3.72. The van der Waals surface area contributed by atoms with Crippen LogP contribution in [0.4, 0.5) is 0 Å². The molecule has 0 N–H and O–H groups in total. The Morgan fingerprint density at radius 2 is 1.68 bits per heavy atom. The van der Waals surface area contributed by atoms with Crippen molar-refractivity contribution in [1.82, 2.24) is 9.97 Å². The van der Waals surface area contributed by atoms with Gasteiger partial charge in [-0.05, 0) is 30.5 Å². The maximum Gasteiger partial charge on any atom is 0.345 e. The van der Waals surface area contributed by atoms with Crippen molar-refractivity contribution in [2.75, 3.05) is 0 Å². The van der Waals surface area contributed by atoms with Gasteiger partial charge in [0.1, 0.15) is 11.3 Å². The molecule has 6 nitrogen and oxygen atoms in total. The highest BCUT2D eigenvalue weighted by Gasteiger charge is 2.17. The van der Waals surface area contributed by atoms with Crippen molar-refractivity contribution in [1.29, 1.82) is 0 Å². The number of thiazole rings is 2. The Morgan fingerprint density at radius 3 is 2.41 bits per heavy atom. The zero-order valence-electron chi connectivity index (χ0n) is 20.7. The van der Waals surface area contributed by atoms with E-state index >= 15 is 0 Å². The van der Waals surface area contributed by atoms with Crippen LogP contribution < -0.4 is 10.4 Å². The molecule has 0 aliphatic carbocycles. The standard InChI is InChI=1S/C29H26N2O4S2/c1-3-4-5-7-12-20-13-21-14-22(29(33)35-26(21)15-25(20)34-18(2)32)24-17-37-28(31-24)27-30-23(16-36-27)19-10-8-6-9-11-19/h6,8-11,13-17H,3-5,7,12H2,1-2H3. The first-order valence-corrected chi connectivity index (χ1v) is 14.0. The number of hydrogen-bond donors (Lipinski definition) is 0. The normalized spacial score (nSPS) is 11.2. The van der Waals surface area contributed by atoms with Gasteiger partial charge in [-0.2, -0.15) is 0 Å². The Kier molecular flexibility index (Phi) is 7.58. The number of carbonyl (C=O) groups is 1. The Morgan fingerprint density at radius 1 is 0.946 bits per heavy atom. The quantitative estimate of drug-likeness (QED) is 0.0838. The van der Waals surface area contributed by atoms with Gasteiger partial charge >= 0.3 is 11.6 Å². The lowest BCUT2D eigenvalue weighted by Gasteiger charge is -2.11. The molecule has 0 bridgehead atoms. The number of esters is 1. The van der Waals surface area contributed by atoms with Crippen LogP contribution in [0.5, 0.6) is 5.75 Å². The van der Waals surface area contributed by atoms with Gasteiger partial charge in [0.15, 0.2) is 10.0 Å². The smallest absolute Gasteiger partial charge is 0.345 e. The van der Waals surface area contributed by atoms with E-state index in [0.717, 1.165) is 64.3 Å². The molecule has 0 amide bonds. The maximum atomic E-state index is 12.9. The molecule has 3 aromatic heterocycles. The summed E-state index contributed by atoms with van der Waals surface area (Å²) in [4.78, 5) is 34.0. The van der Waals surface area contributed by atoms with Crippen LogP contribution in [-0.4, -0.2) is 15.9 Å². The summed E-state index contributed by atoms with van der Waals surface area (Å²) in [6.45, 7) is 3.54. The molecule has 2 aromatic carbocycles. The lowest BCUT2D eigenvalue weighted by atomic mass is 10.0. The topological polar surface area (TPSA) is 82.3 Å². The molecule has 0 aliphatic heterocycles. The third-order valence-corrected chi connectivity index (χ3v) is 7.83. The van der Waals surface area contributed by atoms with Crippen LogP contribution in [0.3, 0.4) is 0 Å². The highest BCUT2D eigenvalue weighted by atomic mass is 32.1. The minimum atomic E-state index is -0.488. The molecule has 0 saturated heterocycles. The molecule has 37 heavy (non-hydrogen) atoms. The van der Waals surface area contributed by atoms with E-state index in [1.54, 1.807) is 6.07 Å². The number of nitrogens with zero attached hydrogens (tertiary/aromatic N) is 2. The number of benzene rings is 2. The summed E-state index contributed by atoms with van der Waals surface area (Å²) in [7, 11) is 0. The summed E-state index contributed by atoms with van der Waals surface area (Å²) >= 11 is 2.97. The predicted molar refractivity (Wildman–Crippen MR) is 149 cm³/mol.